The normalized spacial score (nSPS) is 15.8. The van der Waals surface area contributed by atoms with Gasteiger partial charge in [-0.25, -0.2) is 4.68 Å². The molecule has 1 saturated heterocycles. The van der Waals surface area contributed by atoms with Gasteiger partial charge in [-0.1, -0.05) is 12.1 Å². The Morgan fingerprint density at radius 1 is 1.26 bits per heavy atom. The molecule has 1 N–H and O–H groups in total. The molecule has 1 fully saturated rings. The lowest BCUT2D eigenvalue weighted by Gasteiger charge is -2.36. The van der Waals surface area contributed by atoms with Crippen molar-refractivity contribution in [1.82, 2.24) is 14.7 Å². The molecular formula is C16H19BrN4O2. The zero-order valence-electron chi connectivity index (χ0n) is 12.9. The topological polar surface area (TPSA) is 61.6 Å². The SMILES string of the molecule is Cn1ncc(N2CCN(Cc3cccc(O)c3)CC2)c(Br)c1=O. The average Bonchev–Trinajstić information content (AvgIpc) is 2.54. The van der Waals surface area contributed by atoms with Crippen molar-refractivity contribution in [3.63, 3.8) is 0 Å². The van der Waals surface area contributed by atoms with Gasteiger partial charge in [0.1, 0.15) is 10.2 Å². The highest BCUT2D eigenvalue weighted by atomic mass is 79.9. The van der Waals surface area contributed by atoms with Crippen LogP contribution < -0.4 is 10.5 Å². The van der Waals surface area contributed by atoms with E-state index in [0.29, 0.717) is 10.2 Å². The predicted octanol–water partition coefficient (Wildman–Crippen LogP) is 1.57. The summed E-state index contributed by atoms with van der Waals surface area (Å²) < 4.78 is 1.89. The lowest BCUT2D eigenvalue weighted by Crippen LogP contribution is -2.46. The van der Waals surface area contributed by atoms with E-state index in [0.717, 1.165) is 44.0 Å². The van der Waals surface area contributed by atoms with Gasteiger partial charge in [-0.15, -0.1) is 0 Å². The van der Waals surface area contributed by atoms with Crippen LogP contribution >= 0.6 is 15.9 Å². The molecule has 0 aliphatic carbocycles. The third-order valence-corrected chi connectivity index (χ3v) is 4.83. The number of hydrogen-bond acceptors (Lipinski definition) is 5. The quantitative estimate of drug-likeness (QED) is 0.878. The van der Waals surface area contributed by atoms with Crippen LogP contribution in [0.1, 0.15) is 5.56 Å². The number of anilines is 1. The van der Waals surface area contributed by atoms with Gasteiger partial charge in [0.2, 0.25) is 0 Å². The molecule has 1 aliphatic rings. The zero-order valence-corrected chi connectivity index (χ0v) is 14.5. The van der Waals surface area contributed by atoms with Gasteiger partial charge in [0.05, 0.1) is 11.9 Å². The van der Waals surface area contributed by atoms with E-state index < -0.39 is 0 Å². The Bertz CT molecular complexity index is 754. The second-order valence-electron chi connectivity index (χ2n) is 5.71. The first-order valence-electron chi connectivity index (χ1n) is 7.51. The van der Waals surface area contributed by atoms with Crippen LogP contribution in [0, 0.1) is 0 Å². The maximum absolute atomic E-state index is 12.0. The maximum Gasteiger partial charge on any atom is 0.282 e. The van der Waals surface area contributed by atoms with Gasteiger partial charge in [-0.2, -0.15) is 5.10 Å². The van der Waals surface area contributed by atoms with Crippen LogP contribution in [0.2, 0.25) is 0 Å². The monoisotopic (exact) mass is 378 g/mol. The molecule has 2 aromatic rings. The van der Waals surface area contributed by atoms with Crippen molar-refractivity contribution in [2.75, 3.05) is 31.1 Å². The highest BCUT2D eigenvalue weighted by Gasteiger charge is 2.20. The highest BCUT2D eigenvalue weighted by Crippen LogP contribution is 2.23. The smallest absolute Gasteiger partial charge is 0.282 e. The van der Waals surface area contributed by atoms with Crippen molar-refractivity contribution in [3.8, 4) is 5.75 Å². The summed E-state index contributed by atoms with van der Waals surface area (Å²) in [7, 11) is 1.64. The van der Waals surface area contributed by atoms with Crippen molar-refractivity contribution in [2.24, 2.45) is 7.05 Å². The van der Waals surface area contributed by atoms with Crippen molar-refractivity contribution >= 4 is 21.6 Å². The molecule has 1 aromatic carbocycles. The number of hydrogen-bond donors (Lipinski definition) is 1. The summed E-state index contributed by atoms with van der Waals surface area (Å²) in [4.78, 5) is 16.5. The molecule has 0 atom stereocenters. The van der Waals surface area contributed by atoms with Gasteiger partial charge >= 0.3 is 0 Å². The Morgan fingerprint density at radius 2 is 2.00 bits per heavy atom. The summed E-state index contributed by atoms with van der Waals surface area (Å²) in [6.45, 7) is 4.30. The fourth-order valence-corrected chi connectivity index (χ4v) is 3.39. The van der Waals surface area contributed by atoms with Crippen molar-refractivity contribution in [2.45, 2.75) is 6.54 Å². The van der Waals surface area contributed by atoms with Gasteiger partial charge < -0.3 is 10.0 Å². The zero-order chi connectivity index (χ0) is 16.4. The molecule has 122 valence electrons. The summed E-state index contributed by atoms with van der Waals surface area (Å²) in [5.41, 5.74) is 1.84. The van der Waals surface area contributed by atoms with Crippen LogP contribution in [0.25, 0.3) is 0 Å². The van der Waals surface area contributed by atoms with E-state index in [4.69, 9.17) is 0 Å². The molecule has 0 saturated carbocycles. The number of piperazine rings is 1. The van der Waals surface area contributed by atoms with Crippen LogP contribution in [-0.4, -0.2) is 46.0 Å². The minimum Gasteiger partial charge on any atom is -0.508 e. The Hall–Kier alpha value is -1.86. The second kappa shape index (κ2) is 6.72. The third kappa shape index (κ3) is 3.56. The molecule has 1 aromatic heterocycles. The molecule has 3 rings (SSSR count). The first-order chi connectivity index (χ1) is 11.0. The Labute approximate surface area is 143 Å². The van der Waals surface area contributed by atoms with Gasteiger partial charge in [-0.3, -0.25) is 9.69 Å². The molecule has 0 radical (unpaired) electrons. The summed E-state index contributed by atoms with van der Waals surface area (Å²) in [6, 6.07) is 7.37. The van der Waals surface area contributed by atoms with E-state index in [1.807, 2.05) is 12.1 Å². The van der Waals surface area contributed by atoms with Crippen LogP contribution in [-0.2, 0) is 13.6 Å². The number of halogens is 1. The maximum atomic E-state index is 12.0. The lowest BCUT2D eigenvalue weighted by atomic mass is 10.2. The average molecular weight is 379 g/mol. The van der Waals surface area contributed by atoms with Crippen LogP contribution in [0.3, 0.4) is 0 Å². The third-order valence-electron chi connectivity index (χ3n) is 4.09. The summed E-state index contributed by atoms with van der Waals surface area (Å²) in [5.74, 6) is 0.302. The van der Waals surface area contributed by atoms with Crippen LogP contribution in [0.5, 0.6) is 5.75 Å². The first-order valence-corrected chi connectivity index (χ1v) is 8.31. The summed E-state index contributed by atoms with van der Waals surface area (Å²) in [6.07, 6.45) is 1.73. The van der Waals surface area contributed by atoms with E-state index in [9.17, 15) is 9.90 Å². The number of nitrogens with zero attached hydrogens (tertiary/aromatic N) is 4. The molecule has 0 amide bonds. The molecule has 0 spiro atoms. The molecule has 1 aliphatic heterocycles. The van der Waals surface area contributed by atoms with Gasteiger partial charge in [-0.05, 0) is 33.6 Å². The van der Waals surface area contributed by atoms with Crippen molar-refractivity contribution < 1.29 is 5.11 Å². The molecule has 0 unspecified atom stereocenters. The summed E-state index contributed by atoms with van der Waals surface area (Å²) >= 11 is 3.39. The number of aromatic hydroxyl groups is 1. The first kappa shape index (κ1) is 16.0. The summed E-state index contributed by atoms with van der Waals surface area (Å²) in [5, 5.41) is 13.6. The van der Waals surface area contributed by atoms with Crippen molar-refractivity contribution in [1.29, 1.82) is 0 Å². The van der Waals surface area contributed by atoms with Gasteiger partial charge in [0, 0.05) is 39.8 Å². The van der Waals surface area contributed by atoms with Crippen LogP contribution in [0.15, 0.2) is 39.7 Å². The Kier molecular flexibility index (Phi) is 4.68. The minimum atomic E-state index is -0.121. The fraction of sp³-hybridized carbons (Fsp3) is 0.375. The van der Waals surface area contributed by atoms with E-state index in [-0.39, 0.29) is 5.56 Å². The Morgan fingerprint density at radius 3 is 2.70 bits per heavy atom. The molecule has 6 nitrogen and oxygen atoms in total. The number of phenolic OH excluding ortho intramolecular Hbond substituents is 1. The lowest BCUT2D eigenvalue weighted by molar-refractivity contribution is 0.249. The van der Waals surface area contributed by atoms with Crippen molar-refractivity contribution in [3.05, 3.63) is 50.9 Å². The van der Waals surface area contributed by atoms with Gasteiger partial charge in [0.15, 0.2) is 0 Å². The molecular weight excluding hydrogens is 360 g/mol. The molecule has 2 heterocycles. The number of rotatable bonds is 3. The van der Waals surface area contributed by atoms with E-state index in [1.54, 1.807) is 25.4 Å². The highest BCUT2D eigenvalue weighted by molar-refractivity contribution is 9.10. The van der Waals surface area contributed by atoms with E-state index in [1.165, 1.54) is 4.68 Å². The standard InChI is InChI=1S/C16H19BrN4O2/c1-19-16(23)15(17)14(10-18-19)21-7-5-20(6-8-21)11-12-3-2-4-13(22)9-12/h2-4,9-10,22H,5-8,11H2,1H3. The molecule has 23 heavy (non-hydrogen) atoms. The predicted molar refractivity (Wildman–Crippen MR) is 92.8 cm³/mol. The number of aromatic nitrogens is 2. The second-order valence-corrected chi connectivity index (χ2v) is 6.50. The fourth-order valence-electron chi connectivity index (χ4n) is 2.78. The molecule has 7 heteroatoms. The minimum absolute atomic E-state index is 0.121. The number of benzene rings is 1. The van der Waals surface area contributed by atoms with Crippen LogP contribution in [0.4, 0.5) is 5.69 Å². The number of aryl methyl sites for hydroxylation is 1. The largest absolute Gasteiger partial charge is 0.508 e. The Balaban J connectivity index is 1.65. The van der Waals surface area contributed by atoms with Gasteiger partial charge in [0.25, 0.3) is 5.56 Å². The van der Waals surface area contributed by atoms with E-state index >= 15 is 0 Å². The molecule has 0 bridgehead atoms. The van der Waals surface area contributed by atoms with E-state index in [2.05, 4.69) is 30.8 Å². The number of phenols is 1.